The van der Waals surface area contributed by atoms with Crippen LogP contribution in [-0.4, -0.2) is 4.57 Å². The van der Waals surface area contributed by atoms with Gasteiger partial charge in [0.1, 0.15) is 11.2 Å². The van der Waals surface area contributed by atoms with Gasteiger partial charge in [-0.2, -0.15) is 5.26 Å². The quantitative estimate of drug-likeness (QED) is 0.678. The molecular weight excluding hydrogens is 268 g/mol. The molecule has 1 aromatic heterocycles. The summed E-state index contributed by atoms with van der Waals surface area (Å²) in [4.78, 5) is 0. The van der Waals surface area contributed by atoms with Crippen LogP contribution in [-0.2, 0) is 6.54 Å². The normalized spacial score (nSPS) is 10.7. The molecule has 0 saturated carbocycles. The standard InChI is InChI=1S/C17H13ClN2/c1-12-6-2-3-7-13(12)11-20-16-9-5-4-8-14(16)15(10-19)17(20)18/h2-9H,11H2,1H3. The van der Waals surface area contributed by atoms with Crippen molar-refractivity contribution < 1.29 is 0 Å². The van der Waals surface area contributed by atoms with Crippen LogP contribution in [0.1, 0.15) is 16.7 Å². The van der Waals surface area contributed by atoms with Crippen LogP contribution in [0.25, 0.3) is 10.9 Å². The molecule has 1 heterocycles. The molecule has 0 spiro atoms. The molecule has 0 aliphatic rings. The molecule has 3 rings (SSSR count). The van der Waals surface area contributed by atoms with Crippen LogP contribution in [0.5, 0.6) is 0 Å². The second-order valence-corrected chi connectivity index (χ2v) is 5.17. The Kier molecular flexibility index (Phi) is 3.22. The Bertz CT molecular complexity index is 825. The van der Waals surface area contributed by atoms with Gasteiger partial charge in [0.25, 0.3) is 0 Å². The van der Waals surface area contributed by atoms with Gasteiger partial charge < -0.3 is 4.57 Å². The fraction of sp³-hybridized carbons (Fsp3) is 0.118. The number of hydrogen-bond donors (Lipinski definition) is 0. The molecule has 0 aliphatic heterocycles. The van der Waals surface area contributed by atoms with Crippen molar-refractivity contribution in [1.82, 2.24) is 4.57 Å². The van der Waals surface area contributed by atoms with Gasteiger partial charge in [-0.25, -0.2) is 0 Å². The van der Waals surface area contributed by atoms with E-state index in [9.17, 15) is 5.26 Å². The van der Waals surface area contributed by atoms with Gasteiger partial charge in [-0.05, 0) is 24.1 Å². The maximum Gasteiger partial charge on any atom is 0.128 e. The van der Waals surface area contributed by atoms with Gasteiger partial charge in [-0.15, -0.1) is 0 Å². The fourth-order valence-electron chi connectivity index (χ4n) is 2.49. The zero-order valence-corrected chi connectivity index (χ0v) is 11.9. The molecule has 0 atom stereocenters. The third kappa shape index (κ3) is 1.97. The second-order valence-electron chi connectivity index (χ2n) is 4.81. The van der Waals surface area contributed by atoms with Crippen LogP contribution in [0, 0.1) is 18.3 Å². The molecule has 0 bridgehead atoms. The third-order valence-electron chi connectivity index (χ3n) is 3.61. The molecule has 0 saturated heterocycles. The predicted octanol–water partition coefficient (Wildman–Crippen LogP) is 4.52. The van der Waals surface area contributed by atoms with E-state index in [2.05, 4.69) is 25.1 Å². The predicted molar refractivity (Wildman–Crippen MR) is 81.9 cm³/mol. The molecule has 0 unspecified atom stereocenters. The number of hydrogen-bond acceptors (Lipinski definition) is 1. The van der Waals surface area contributed by atoms with Crippen molar-refractivity contribution in [1.29, 1.82) is 5.26 Å². The van der Waals surface area contributed by atoms with Gasteiger partial charge >= 0.3 is 0 Å². The molecule has 2 nitrogen and oxygen atoms in total. The third-order valence-corrected chi connectivity index (χ3v) is 4.00. The first-order valence-electron chi connectivity index (χ1n) is 6.43. The average Bonchev–Trinajstić information content (AvgIpc) is 2.74. The summed E-state index contributed by atoms with van der Waals surface area (Å²) in [6.07, 6.45) is 0. The van der Waals surface area contributed by atoms with Crippen molar-refractivity contribution in [3.8, 4) is 6.07 Å². The molecule has 3 heteroatoms. The highest BCUT2D eigenvalue weighted by molar-refractivity contribution is 6.32. The Hall–Kier alpha value is -2.24. The maximum atomic E-state index is 9.30. The Morgan fingerprint density at radius 1 is 1.10 bits per heavy atom. The Labute approximate surface area is 122 Å². The van der Waals surface area contributed by atoms with Crippen LogP contribution < -0.4 is 0 Å². The molecule has 20 heavy (non-hydrogen) atoms. The van der Waals surface area contributed by atoms with E-state index in [4.69, 9.17) is 11.6 Å². The summed E-state index contributed by atoms with van der Waals surface area (Å²) in [6, 6.07) is 18.3. The van der Waals surface area contributed by atoms with Crippen molar-refractivity contribution >= 4 is 22.5 Å². The van der Waals surface area contributed by atoms with E-state index in [-0.39, 0.29) is 0 Å². The zero-order chi connectivity index (χ0) is 14.1. The lowest BCUT2D eigenvalue weighted by molar-refractivity contribution is 0.830. The van der Waals surface area contributed by atoms with E-state index in [1.807, 2.05) is 41.0 Å². The molecular formula is C17H13ClN2. The van der Waals surface area contributed by atoms with E-state index in [1.54, 1.807) is 0 Å². The van der Waals surface area contributed by atoms with Crippen molar-refractivity contribution in [2.75, 3.05) is 0 Å². The highest BCUT2D eigenvalue weighted by Crippen LogP contribution is 2.30. The van der Waals surface area contributed by atoms with Crippen LogP contribution in [0.2, 0.25) is 5.15 Å². The largest absolute Gasteiger partial charge is 0.326 e. The summed E-state index contributed by atoms with van der Waals surface area (Å²) in [5.74, 6) is 0. The minimum absolute atomic E-state index is 0.511. The Morgan fingerprint density at radius 3 is 2.55 bits per heavy atom. The zero-order valence-electron chi connectivity index (χ0n) is 11.1. The summed E-state index contributed by atoms with van der Waals surface area (Å²) >= 11 is 6.40. The maximum absolute atomic E-state index is 9.30. The minimum Gasteiger partial charge on any atom is -0.326 e. The number of nitriles is 1. The first-order chi connectivity index (χ1) is 9.72. The van der Waals surface area contributed by atoms with Crippen molar-refractivity contribution in [2.24, 2.45) is 0 Å². The van der Waals surface area contributed by atoms with E-state index < -0.39 is 0 Å². The van der Waals surface area contributed by atoms with Crippen LogP contribution in [0.3, 0.4) is 0 Å². The van der Waals surface area contributed by atoms with Gasteiger partial charge in [0, 0.05) is 11.9 Å². The number of aromatic nitrogens is 1. The van der Waals surface area contributed by atoms with Gasteiger partial charge in [-0.3, -0.25) is 0 Å². The Balaban J connectivity index is 2.20. The van der Waals surface area contributed by atoms with Crippen LogP contribution >= 0.6 is 11.6 Å². The molecule has 0 amide bonds. The molecule has 3 aromatic rings. The molecule has 2 aromatic carbocycles. The number of para-hydroxylation sites is 1. The number of rotatable bonds is 2. The summed E-state index contributed by atoms with van der Waals surface area (Å²) in [5.41, 5.74) is 3.98. The van der Waals surface area contributed by atoms with Gasteiger partial charge in [0.05, 0.1) is 11.1 Å². The average molecular weight is 281 g/mol. The van der Waals surface area contributed by atoms with Crippen molar-refractivity contribution in [3.05, 3.63) is 70.4 Å². The van der Waals surface area contributed by atoms with Crippen LogP contribution in [0.15, 0.2) is 48.5 Å². The molecule has 0 aliphatic carbocycles. The first kappa shape index (κ1) is 12.8. The fourth-order valence-corrected chi connectivity index (χ4v) is 2.79. The monoisotopic (exact) mass is 280 g/mol. The number of benzene rings is 2. The van der Waals surface area contributed by atoms with Crippen molar-refractivity contribution in [3.63, 3.8) is 0 Å². The lowest BCUT2D eigenvalue weighted by Crippen LogP contribution is -2.01. The number of halogens is 1. The summed E-state index contributed by atoms with van der Waals surface area (Å²) in [5, 5.41) is 10.7. The highest BCUT2D eigenvalue weighted by atomic mass is 35.5. The lowest BCUT2D eigenvalue weighted by Gasteiger charge is -2.09. The first-order valence-corrected chi connectivity index (χ1v) is 6.81. The van der Waals surface area contributed by atoms with E-state index in [1.165, 1.54) is 11.1 Å². The molecule has 0 N–H and O–H groups in total. The topological polar surface area (TPSA) is 28.7 Å². The second kappa shape index (κ2) is 5.03. The molecule has 0 fully saturated rings. The van der Waals surface area contributed by atoms with E-state index in [0.717, 1.165) is 10.9 Å². The number of fused-ring (bicyclic) bond motifs is 1. The highest BCUT2D eigenvalue weighted by Gasteiger charge is 2.15. The lowest BCUT2D eigenvalue weighted by atomic mass is 10.1. The van der Waals surface area contributed by atoms with Gasteiger partial charge in [-0.1, -0.05) is 54.1 Å². The minimum atomic E-state index is 0.511. The summed E-state index contributed by atoms with van der Waals surface area (Å²) in [7, 11) is 0. The number of aryl methyl sites for hydroxylation is 1. The Morgan fingerprint density at radius 2 is 1.80 bits per heavy atom. The van der Waals surface area contributed by atoms with E-state index in [0.29, 0.717) is 17.3 Å². The SMILES string of the molecule is Cc1ccccc1Cn1c(Cl)c(C#N)c2ccccc21. The van der Waals surface area contributed by atoms with Gasteiger partial charge in [0.2, 0.25) is 0 Å². The smallest absolute Gasteiger partial charge is 0.128 e. The van der Waals surface area contributed by atoms with E-state index >= 15 is 0 Å². The van der Waals surface area contributed by atoms with Crippen molar-refractivity contribution in [2.45, 2.75) is 13.5 Å². The van der Waals surface area contributed by atoms with Crippen LogP contribution in [0.4, 0.5) is 0 Å². The van der Waals surface area contributed by atoms with Gasteiger partial charge in [0.15, 0.2) is 0 Å². The summed E-state index contributed by atoms with van der Waals surface area (Å²) < 4.78 is 2.00. The molecule has 0 radical (unpaired) electrons. The number of nitrogens with zero attached hydrogens (tertiary/aromatic N) is 2. The molecule has 98 valence electrons. The summed E-state index contributed by atoms with van der Waals surface area (Å²) in [6.45, 7) is 2.76.